The predicted octanol–water partition coefficient (Wildman–Crippen LogP) is 3.83. The Morgan fingerprint density at radius 2 is 1.89 bits per heavy atom. The molecule has 0 aliphatic rings. The van der Waals surface area contributed by atoms with Crippen molar-refractivity contribution in [1.29, 1.82) is 0 Å². The normalized spacial score (nSPS) is 10.0. The summed E-state index contributed by atoms with van der Waals surface area (Å²) in [6, 6.07) is 14.2. The average Bonchev–Trinajstić information content (AvgIpc) is 2.72. The lowest BCUT2D eigenvalue weighted by Crippen LogP contribution is -2.25. The molecule has 0 fully saturated rings. The summed E-state index contributed by atoms with van der Waals surface area (Å²) in [7, 11) is 0. The molecule has 6 heteroatoms. The van der Waals surface area contributed by atoms with Gasteiger partial charge in [-0.05, 0) is 48.9 Å². The van der Waals surface area contributed by atoms with E-state index in [1.165, 1.54) is 0 Å². The lowest BCUT2D eigenvalue weighted by Gasteiger charge is -2.10. The molecule has 2 rings (SSSR count). The number of ether oxygens (including phenoxy) is 1. The Kier molecular flexibility index (Phi) is 8.59. The van der Waals surface area contributed by atoms with E-state index in [-0.39, 0.29) is 18.4 Å². The lowest BCUT2D eigenvalue weighted by molar-refractivity contribution is -0.114. The number of unbranched alkanes of at least 4 members (excludes halogenated alkanes) is 1. The number of carbonyl (C=O) groups excluding carboxylic acids is 2. The van der Waals surface area contributed by atoms with Crippen LogP contribution in [0.3, 0.4) is 0 Å². The van der Waals surface area contributed by atoms with Gasteiger partial charge in [0, 0.05) is 23.5 Å². The molecule has 0 radical (unpaired) electrons. The Balaban J connectivity index is 1.83. The standard InChI is InChI=1S/C22H27N3O3/c1-3-5-13-23-22(27)17-7-6-8-19(15-17)25-21(26)16-24-18-9-11-20(12-10-18)28-14-4-2/h4,6-12,15,24H,2-3,5,13-14,16H2,1H3,(H,23,27)(H,25,26). The van der Waals surface area contributed by atoms with Crippen LogP contribution in [-0.4, -0.2) is 31.5 Å². The van der Waals surface area contributed by atoms with Crippen molar-refractivity contribution in [3.8, 4) is 5.75 Å². The van der Waals surface area contributed by atoms with Gasteiger partial charge in [-0.15, -0.1) is 0 Å². The molecule has 3 N–H and O–H groups in total. The SMILES string of the molecule is C=CCOc1ccc(NCC(=O)Nc2cccc(C(=O)NCCCC)c2)cc1. The minimum absolute atomic E-state index is 0.111. The molecular formula is C22H27N3O3. The molecule has 2 amide bonds. The summed E-state index contributed by atoms with van der Waals surface area (Å²) in [6.07, 6.45) is 3.64. The monoisotopic (exact) mass is 381 g/mol. The van der Waals surface area contributed by atoms with Crippen molar-refractivity contribution < 1.29 is 14.3 Å². The van der Waals surface area contributed by atoms with E-state index in [0.29, 0.717) is 24.4 Å². The second-order valence-electron chi connectivity index (χ2n) is 6.22. The first-order chi connectivity index (χ1) is 13.6. The second-order valence-corrected chi connectivity index (χ2v) is 6.22. The average molecular weight is 381 g/mol. The van der Waals surface area contributed by atoms with E-state index in [4.69, 9.17) is 4.74 Å². The Labute approximate surface area is 166 Å². The number of nitrogens with one attached hydrogen (secondary N) is 3. The topological polar surface area (TPSA) is 79.5 Å². The highest BCUT2D eigenvalue weighted by Gasteiger charge is 2.07. The summed E-state index contributed by atoms with van der Waals surface area (Å²) >= 11 is 0. The highest BCUT2D eigenvalue weighted by Crippen LogP contribution is 2.16. The van der Waals surface area contributed by atoms with E-state index in [1.54, 1.807) is 30.3 Å². The van der Waals surface area contributed by atoms with Crippen molar-refractivity contribution in [2.45, 2.75) is 19.8 Å². The third-order valence-electron chi connectivity index (χ3n) is 3.90. The van der Waals surface area contributed by atoms with Gasteiger partial charge in [0.2, 0.25) is 5.91 Å². The van der Waals surface area contributed by atoms with Crippen LogP contribution >= 0.6 is 0 Å². The smallest absolute Gasteiger partial charge is 0.251 e. The van der Waals surface area contributed by atoms with Crippen LogP contribution in [0, 0.1) is 0 Å². The quantitative estimate of drug-likeness (QED) is 0.408. The van der Waals surface area contributed by atoms with Crippen LogP contribution in [0.2, 0.25) is 0 Å². The van der Waals surface area contributed by atoms with Crippen LogP contribution in [-0.2, 0) is 4.79 Å². The maximum absolute atomic E-state index is 12.2. The molecule has 0 bridgehead atoms. The summed E-state index contributed by atoms with van der Waals surface area (Å²) in [5.74, 6) is 0.404. The van der Waals surface area contributed by atoms with Crippen LogP contribution in [0.25, 0.3) is 0 Å². The van der Waals surface area contributed by atoms with Gasteiger partial charge in [0.05, 0.1) is 6.54 Å². The van der Waals surface area contributed by atoms with Gasteiger partial charge in [0.15, 0.2) is 0 Å². The fourth-order valence-electron chi connectivity index (χ4n) is 2.43. The second kappa shape index (κ2) is 11.4. The summed E-state index contributed by atoms with van der Waals surface area (Å²) < 4.78 is 5.42. The maximum Gasteiger partial charge on any atom is 0.251 e. The largest absolute Gasteiger partial charge is 0.490 e. The van der Waals surface area contributed by atoms with E-state index < -0.39 is 0 Å². The van der Waals surface area contributed by atoms with Gasteiger partial charge in [0.25, 0.3) is 5.91 Å². The van der Waals surface area contributed by atoms with Crippen LogP contribution < -0.4 is 20.7 Å². The van der Waals surface area contributed by atoms with Gasteiger partial charge < -0.3 is 20.7 Å². The Bertz CT molecular complexity index is 788. The first kappa shape index (κ1) is 21.0. The molecule has 0 heterocycles. The van der Waals surface area contributed by atoms with Crippen molar-refractivity contribution in [3.63, 3.8) is 0 Å². The number of hydrogen-bond donors (Lipinski definition) is 3. The van der Waals surface area contributed by atoms with Crippen molar-refractivity contribution in [1.82, 2.24) is 5.32 Å². The van der Waals surface area contributed by atoms with Gasteiger partial charge in [-0.3, -0.25) is 9.59 Å². The zero-order chi connectivity index (χ0) is 20.2. The predicted molar refractivity (Wildman–Crippen MR) is 113 cm³/mol. The summed E-state index contributed by atoms with van der Waals surface area (Å²) in [4.78, 5) is 24.3. The molecule has 6 nitrogen and oxygen atoms in total. The van der Waals surface area contributed by atoms with E-state index in [2.05, 4.69) is 29.5 Å². The van der Waals surface area contributed by atoms with Gasteiger partial charge in [-0.2, -0.15) is 0 Å². The number of anilines is 2. The summed E-state index contributed by atoms with van der Waals surface area (Å²) in [6.45, 7) is 6.88. The van der Waals surface area contributed by atoms with E-state index >= 15 is 0 Å². The minimum Gasteiger partial charge on any atom is -0.490 e. The lowest BCUT2D eigenvalue weighted by atomic mass is 10.2. The highest BCUT2D eigenvalue weighted by atomic mass is 16.5. The molecule has 0 aromatic heterocycles. The molecule has 2 aromatic carbocycles. The first-order valence-electron chi connectivity index (χ1n) is 9.38. The maximum atomic E-state index is 12.2. The van der Waals surface area contributed by atoms with E-state index in [1.807, 2.05) is 24.3 Å². The molecule has 0 atom stereocenters. The number of benzene rings is 2. The number of rotatable bonds is 11. The van der Waals surface area contributed by atoms with Crippen molar-refractivity contribution in [2.75, 3.05) is 30.3 Å². The molecule has 0 unspecified atom stereocenters. The molecule has 2 aromatic rings. The Morgan fingerprint density at radius 3 is 2.61 bits per heavy atom. The molecule has 148 valence electrons. The van der Waals surface area contributed by atoms with Crippen molar-refractivity contribution >= 4 is 23.2 Å². The Hall–Kier alpha value is -3.28. The number of carbonyl (C=O) groups is 2. The number of hydrogen-bond acceptors (Lipinski definition) is 4. The third-order valence-corrected chi connectivity index (χ3v) is 3.90. The molecule has 0 saturated carbocycles. The Morgan fingerprint density at radius 1 is 1.11 bits per heavy atom. The van der Waals surface area contributed by atoms with Crippen LogP contribution in [0.4, 0.5) is 11.4 Å². The molecule has 0 saturated heterocycles. The van der Waals surface area contributed by atoms with Crippen molar-refractivity contribution in [2.24, 2.45) is 0 Å². The molecule has 0 spiro atoms. The van der Waals surface area contributed by atoms with E-state index in [9.17, 15) is 9.59 Å². The van der Waals surface area contributed by atoms with Gasteiger partial charge in [-0.1, -0.05) is 32.1 Å². The zero-order valence-corrected chi connectivity index (χ0v) is 16.2. The summed E-state index contributed by atoms with van der Waals surface area (Å²) in [5.41, 5.74) is 1.92. The first-order valence-corrected chi connectivity index (χ1v) is 9.38. The van der Waals surface area contributed by atoms with Gasteiger partial charge in [-0.25, -0.2) is 0 Å². The minimum atomic E-state index is -0.199. The fourth-order valence-corrected chi connectivity index (χ4v) is 2.43. The van der Waals surface area contributed by atoms with Crippen LogP contribution in [0.5, 0.6) is 5.75 Å². The van der Waals surface area contributed by atoms with Gasteiger partial charge >= 0.3 is 0 Å². The summed E-state index contributed by atoms with van der Waals surface area (Å²) in [5, 5.41) is 8.71. The molecular weight excluding hydrogens is 354 g/mol. The zero-order valence-electron chi connectivity index (χ0n) is 16.2. The van der Waals surface area contributed by atoms with Crippen molar-refractivity contribution in [3.05, 3.63) is 66.7 Å². The van der Waals surface area contributed by atoms with E-state index in [0.717, 1.165) is 24.3 Å². The van der Waals surface area contributed by atoms with Gasteiger partial charge in [0.1, 0.15) is 12.4 Å². The molecule has 28 heavy (non-hydrogen) atoms. The van der Waals surface area contributed by atoms with Crippen LogP contribution in [0.15, 0.2) is 61.2 Å². The van der Waals surface area contributed by atoms with Crippen LogP contribution in [0.1, 0.15) is 30.1 Å². The third kappa shape index (κ3) is 7.15. The fraction of sp³-hybridized carbons (Fsp3) is 0.273. The molecule has 0 aliphatic heterocycles. The number of amides is 2. The highest BCUT2D eigenvalue weighted by molar-refractivity contribution is 5.98. The molecule has 0 aliphatic carbocycles.